The average molecular weight is 547 g/mol. The third-order valence-corrected chi connectivity index (χ3v) is 6.92. The van der Waals surface area contributed by atoms with Gasteiger partial charge in [0.2, 0.25) is 0 Å². The smallest absolute Gasteiger partial charge is 0.277 e. The van der Waals surface area contributed by atoms with Gasteiger partial charge in [-0.3, -0.25) is 14.2 Å². The predicted molar refractivity (Wildman–Crippen MR) is 155 cm³/mol. The number of carbonyl (C=O) groups excluding carboxylic acids is 1. The van der Waals surface area contributed by atoms with Crippen LogP contribution in [0.2, 0.25) is 0 Å². The van der Waals surface area contributed by atoms with E-state index in [9.17, 15) is 9.59 Å². The van der Waals surface area contributed by atoms with Crippen molar-refractivity contribution in [1.29, 1.82) is 0 Å². The van der Waals surface area contributed by atoms with Crippen molar-refractivity contribution in [2.24, 2.45) is 5.10 Å². The minimum absolute atomic E-state index is 0.166. The third-order valence-electron chi connectivity index (χ3n) is 6.04. The molecule has 2 heterocycles. The number of hydrogen-bond donors (Lipinski definition) is 1. The molecule has 1 N–H and O–H groups in total. The van der Waals surface area contributed by atoms with E-state index < -0.39 is 5.91 Å². The molecule has 0 saturated heterocycles. The first kappa shape index (κ1) is 25.1. The molecule has 0 aliphatic carbocycles. The minimum Gasteiger partial charge on any atom is -0.483 e. The Morgan fingerprint density at radius 3 is 2.52 bits per heavy atom. The summed E-state index contributed by atoms with van der Waals surface area (Å²) in [6.07, 6.45) is 1.40. The summed E-state index contributed by atoms with van der Waals surface area (Å²) in [6.45, 7) is -0.185. The number of amides is 1. The van der Waals surface area contributed by atoms with Gasteiger partial charge < -0.3 is 9.15 Å². The number of carbonyl (C=O) groups is 1. The second kappa shape index (κ2) is 11.3. The van der Waals surface area contributed by atoms with Crippen molar-refractivity contribution in [2.45, 2.75) is 10.2 Å². The van der Waals surface area contributed by atoms with Gasteiger partial charge in [-0.2, -0.15) is 5.10 Å². The Labute approximate surface area is 232 Å². The molecular formula is C31H22N4O4S. The molecule has 9 heteroatoms. The van der Waals surface area contributed by atoms with Crippen LogP contribution < -0.4 is 15.7 Å². The zero-order chi connectivity index (χ0) is 27.3. The van der Waals surface area contributed by atoms with Gasteiger partial charge in [-0.05, 0) is 59.6 Å². The molecule has 0 saturated carbocycles. The molecular weight excluding hydrogens is 524 g/mol. The van der Waals surface area contributed by atoms with Crippen LogP contribution in [0, 0.1) is 0 Å². The Kier molecular flexibility index (Phi) is 7.11. The van der Waals surface area contributed by atoms with E-state index in [4.69, 9.17) is 14.1 Å². The van der Waals surface area contributed by atoms with Crippen LogP contribution in [0.4, 0.5) is 0 Å². The average Bonchev–Trinajstić information content (AvgIpc) is 3.43. The Hall–Kier alpha value is -5.15. The number of ether oxygens (including phenoxy) is 1. The molecule has 0 unspecified atom stereocenters. The number of hydrogen-bond acceptors (Lipinski definition) is 7. The van der Waals surface area contributed by atoms with Crippen molar-refractivity contribution in [2.75, 3.05) is 6.61 Å². The van der Waals surface area contributed by atoms with Gasteiger partial charge in [0, 0.05) is 5.39 Å². The van der Waals surface area contributed by atoms with E-state index in [0.717, 1.165) is 10.8 Å². The van der Waals surface area contributed by atoms with Crippen molar-refractivity contribution >= 4 is 45.6 Å². The number of fused-ring (bicyclic) bond motifs is 2. The Morgan fingerprint density at radius 1 is 0.900 bits per heavy atom. The quantitative estimate of drug-likeness (QED) is 0.147. The zero-order valence-electron chi connectivity index (χ0n) is 21.1. The lowest BCUT2D eigenvalue weighted by atomic mass is 10.1. The van der Waals surface area contributed by atoms with E-state index in [2.05, 4.69) is 10.5 Å². The van der Waals surface area contributed by atoms with Gasteiger partial charge >= 0.3 is 0 Å². The molecule has 4 aromatic carbocycles. The standard InChI is InChI=1S/C31H22N4O4S/c36-28(20-38-27-16-8-10-21-9-4-5-13-24(21)27)34-32-19-23-17-18-29(39-23)40-31-33-26-15-7-6-14-25(26)30(37)35(31)22-11-2-1-3-12-22/h1-19H,20H2,(H,34,36)/b32-19+. The van der Waals surface area contributed by atoms with Gasteiger partial charge in [0.05, 0.1) is 22.8 Å². The Balaban J connectivity index is 1.14. The highest BCUT2D eigenvalue weighted by molar-refractivity contribution is 7.99. The molecule has 40 heavy (non-hydrogen) atoms. The van der Waals surface area contributed by atoms with Crippen LogP contribution >= 0.6 is 11.8 Å². The molecule has 0 fully saturated rings. The summed E-state index contributed by atoms with van der Waals surface area (Å²) in [5.41, 5.74) is 3.59. The second-order valence-electron chi connectivity index (χ2n) is 8.71. The van der Waals surface area contributed by atoms with E-state index in [1.165, 1.54) is 18.0 Å². The fraction of sp³-hybridized carbons (Fsp3) is 0.0323. The van der Waals surface area contributed by atoms with E-state index in [1.807, 2.05) is 91.0 Å². The van der Waals surface area contributed by atoms with E-state index in [1.54, 1.807) is 22.8 Å². The summed E-state index contributed by atoms with van der Waals surface area (Å²) >= 11 is 1.22. The number of nitrogens with zero attached hydrogens (tertiary/aromatic N) is 3. The zero-order valence-corrected chi connectivity index (χ0v) is 21.9. The molecule has 1 amide bonds. The monoisotopic (exact) mass is 546 g/mol. The van der Waals surface area contributed by atoms with Gasteiger partial charge in [-0.1, -0.05) is 66.7 Å². The van der Waals surface area contributed by atoms with E-state index in [0.29, 0.717) is 38.3 Å². The number of aromatic nitrogens is 2. The van der Waals surface area contributed by atoms with Gasteiger partial charge in [0.1, 0.15) is 11.5 Å². The molecule has 0 atom stereocenters. The fourth-order valence-corrected chi connectivity index (χ4v) is 5.08. The number of para-hydroxylation sites is 2. The molecule has 0 aliphatic rings. The highest BCUT2D eigenvalue weighted by Crippen LogP contribution is 2.30. The number of benzene rings is 4. The lowest BCUT2D eigenvalue weighted by molar-refractivity contribution is -0.123. The Morgan fingerprint density at radius 2 is 1.65 bits per heavy atom. The summed E-state index contributed by atoms with van der Waals surface area (Å²) in [5.74, 6) is 0.644. The minimum atomic E-state index is -0.405. The van der Waals surface area contributed by atoms with Crippen molar-refractivity contribution in [3.8, 4) is 11.4 Å². The molecule has 8 nitrogen and oxygen atoms in total. The van der Waals surface area contributed by atoms with Crippen molar-refractivity contribution < 1.29 is 13.9 Å². The molecule has 6 aromatic rings. The topological polar surface area (TPSA) is 98.7 Å². The van der Waals surface area contributed by atoms with Gasteiger partial charge in [0.15, 0.2) is 16.9 Å². The molecule has 2 aromatic heterocycles. The summed E-state index contributed by atoms with van der Waals surface area (Å²) < 4.78 is 13.1. The largest absolute Gasteiger partial charge is 0.483 e. The lowest BCUT2D eigenvalue weighted by Crippen LogP contribution is -2.24. The molecule has 0 aliphatic heterocycles. The fourth-order valence-electron chi connectivity index (χ4n) is 4.20. The molecule has 0 bridgehead atoms. The lowest BCUT2D eigenvalue weighted by Gasteiger charge is -2.12. The van der Waals surface area contributed by atoms with Crippen LogP contribution in [0.1, 0.15) is 5.76 Å². The van der Waals surface area contributed by atoms with Gasteiger partial charge in [0.25, 0.3) is 11.5 Å². The maximum Gasteiger partial charge on any atom is 0.277 e. The van der Waals surface area contributed by atoms with Crippen molar-refractivity contribution in [3.63, 3.8) is 0 Å². The Bertz CT molecular complexity index is 1910. The number of hydrazone groups is 1. The molecule has 6 rings (SSSR count). The van der Waals surface area contributed by atoms with Crippen LogP contribution in [0.3, 0.4) is 0 Å². The maximum absolute atomic E-state index is 13.4. The first-order chi connectivity index (χ1) is 19.7. The number of rotatable bonds is 8. The van der Waals surface area contributed by atoms with Crippen LogP contribution in [0.25, 0.3) is 27.4 Å². The first-order valence-electron chi connectivity index (χ1n) is 12.4. The second-order valence-corrected chi connectivity index (χ2v) is 9.68. The molecule has 0 spiro atoms. The summed E-state index contributed by atoms with van der Waals surface area (Å²) in [4.78, 5) is 30.4. The van der Waals surface area contributed by atoms with E-state index in [-0.39, 0.29) is 12.2 Å². The SMILES string of the molecule is O=C(COc1cccc2ccccc12)N/N=C/c1ccc(Sc2nc3ccccc3c(=O)n2-c2ccccc2)o1. The van der Waals surface area contributed by atoms with E-state index >= 15 is 0 Å². The van der Waals surface area contributed by atoms with Crippen molar-refractivity contribution in [1.82, 2.24) is 15.0 Å². The van der Waals surface area contributed by atoms with Gasteiger partial charge in [-0.25, -0.2) is 10.4 Å². The van der Waals surface area contributed by atoms with Crippen LogP contribution in [-0.4, -0.2) is 28.3 Å². The van der Waals surface area contributed by atoms with Crippen LogP contribution in [0.5, 0.6) is 5.75 Å². The highest BCUT2D eigenvalue weighted by Gasteiger charge is 2.15. The molecule has 196 valence electrons. The molecule has 0 radical (unpaired) electrons. The van der Waals surface area contributed by atoms with Crippen LogP contribution in [-0.2, 0) is 4.79 Å². The normalized spacial score (nSPS) is 11.3. The number of furan rings is 1. The number of nitrogens with one attached hydrogen (secondary N) is 1. The third kappa shape index (κ3) is 5.36. The summed E-state index contributed by atoms with van der Waals surface area (Å²) in [6, 6.07) is 33.6. The van der Waals surface area contributed by atoms with Crippen molar-refractivity contribution in [3.05, 3.63) is 125 Å². The van der Waals surface area contributed by atoms with Crippen LogP contribution in [0.15, 0.2) is 134 Å². The predicted octanol–water partition coefficient (Wildman–Crippen LogP) is 5.81. The summed E-state index contributed by atoms with van der Waals surface area (Å²) in [5, 5.41) is 7.45. The highest BCUT2D eigenvalue weighted by atomic mass is 32.2. The summed E-state index contributed by atoms with van der Waals surface area (Å²) in [7, 11) is 0. The maximum atomic E-state index is 13.4. The van der Waals surface area contributed by atoms with Gasteiger partial charge in [-0.15, -0.1) is 0 Å². The first-order valence-corrected chi connectivity index (χ1v) is 13.2.